The molecule has 4 amide bonds. The van der Waals surface area contributed by atoms with Crippen molar-refractivity contribution in [3.05, 3.63) is 59.2 Å². The van der Waals surface area contributed by atoms with Gasteiger partial charge in [-0.1, -0.05) is 24.3 Å². The maximum atomic E-state index is 13.3. The second-order valence-electron chi connectivity index (χ2n) is 8.34. The van der Waals surface area contributed by atoms with E-state index in [4.69, 9.17) is 9.47 Å². The van der Waals surface area contributed by atoms with Crippen LogP contribution in [0.2, 0.25) is 0 Å². The summed E-state index contributed by atoms with van der Waals surface area (Å²) in [6.07, 6.45) is -2.81. The number of benzene rings is 2. The van der Waals surface area contributed by atoms with Gasteiger partial charge >= 0.3 is 12.2 Å². The van der Waals surface area contributed by atoms with Gasteiger partial charge in [-0.3, -0.25) is 14.5 Å². The lowest BCUT2D eigenvalue weighted by Crippen LogP contribution is -2.47. The number of carbonyl (C=O) groups is 3. The maximum absolute atomic E-state index is 13.3. The van der Waals surface area contributed by atoms with Gasteiger partial charge in [0.25, 0.3) is 5.91 Å². The fourth-order valence-electron chi connectivity index (χ4n) is 4.45. The van der Waals surface area contributed by atoms with E-state index in [0.29, 0.717) is 18.4 Å². The van der Waals surface area contributed by atoms with Crippen LogP contribution in [0.5, 0.6) is 5.75 Å². The largest absolute Gasteiger partial charge is 0.489 e. The van der Waals surface area contributed by atoms with Crippen LogP contribution in [0.4, 0.5) is 23.7 Å². The van der Waals surface area contributed by atoms with Gasteiger partial charge in [0.2, 0.25) is 5.91 Å². The molecule has 35 heavy (non-hydrogen) atoms. The van der Waals surface area contributed by atoms with Crippen LogP contribution in [-0.2, 0) is 32.5 Å². The third kappa shape index (κ3) is 4.81. The van der Waals surface area contributed by atoms with E-state index in [2.05, 4.69) is 10.6 Å². The lowest BCUT2D eigenvalue weighted by Gasteiger charge is -2.33. The number of aryl methyl sites for hydroxylation is 1. The molecule has 0 unspecified atom stereocenters. The van der Waals surface area contributed by atoms with Crippen molar-refractivity contribution in [3.63, 3.8) is 0 Å². The van der Waals surface area contributed by atoms with Gasteiger partial charge in [-0.15, -0.1) is 0 Å². The van der Waals surface area contributed by atoms with Crippen LogP contribution in [0.1, 0.15) is 29.5 Å². The minimum atomic E-state index is -4.64. The summed E-state index contributed by atoms with van der Waals surface area (Å²) in [6.45, 7) is -0.442. The number of nitrogens with zero attached hydrogens (tertiary/aromatic N) is 1. The molecule has 1 saturated heterocycles. The van der Waals surface area contributed by atoms with Crippen LogP contribution in [0, 0.1) is 0 Å². The summed E-state index contributed by atoms with van der Waals surface area (Å²) in [4.78, 5) is 39.6. The third-order valence-corrected chi connectivity index (χ3v) is 6.08. The Labute approximate surface area is 199 Å². The highest BCUT2D eigenvalue weighted by Crippen LogP contribution is 2.40. The van der Waals surface area contributed by atoms with Gasteiger partial charge in [-0.25, -0.2) is 4.79 Å². The van der Waals surface area contributed by atoms with Gasteiger partial charge < -0.3 is 20.1 Å². The zero-order valence-corrected chi connectivity index (χ0v) is 18.9. The number of ether oxygens (including phenoxy) is 2. The molecule has 1 spiro atoms. The molecule has 11 heteroatoms. The number of alkyl halides is 3. The van der Waals surface area contributed by atoms with Crippen LogP contribution in [0.3, 0.4) is 0 Å². The molecule has 2 aromatic carbocycles. The number of nitrogens with one attached hydrogen (secondary N) is 2. The summed E-state index contributed by atoms with van der Waals surface area (Å²) in [5, 5.41) is 5.09. The molecule has 0 radical (unpaired) electrons. The lowest BCUT2D eigenvalue weighted by molar-refractivity contribution is -0.137. The summed E-state index contributed by atoms with van der Waals surface area (Å²) in [5.41, 5.74) is -0.832. The van der Waals surface area contributed by atoms with E-state index in [1.165, 1.54) is 7.11 Å². The molecule has 8 nitrogen and oxygen atoms in total. The smallest absolute Gasteiger partial charge is 0.416 e. The Morgan fingerprint density at radius 3 is 2.69 bits per heavy atom. The molecule has 1 aliphatic heterocycles. The molecule has 1 heterocycles. The first-order valence-corrected chi connectivity index (χ1v) is 11.0. The molecule has 0 saturated carbocycles. The normalized spacial score (nSPS) is 19.5. The Kier molecular flexibility index (Phi) is 6.70. The molecule has 2 aliphatic rings. The Morgan fingerprint density at radius 2 is 1.94 bits per heavy atom. The van der Waals surface area contributed by atoms with Crippen LogP contribution in [0.25, 0.3) is 0 Å². The molecule has 0 aromatic heterocycles. The highest BCUT2D eigenvalue weighted by Gasteiger charge is 2.54. The molecule has 1 atom stereocenters. The summed E-state index contributed by atoms with van der Waals surface area (Å²) in [6, 6.07) is 9.24. The standard InChI is InChI=1S/C24H24F3N3O5/c1-34-11-12-35-19-9-8-16(24(25,26)27)13-18(19)28-20(31)14-30-21(32)23(29-22(30)33)10-4-6-15-5-2-3-7-17(15)23/h2-3,5,7-9,13H,4,6,10-12,14H2,1H3,(H,28,31)(H,29,33)/t23-/m0/s1. The average Bonchev–Trinajstić information content (AvgIpc) is 3.04. The van der Waals surface area contributed by atoms with Crippen molar-refractivity contribution < 1.29 is 37.0 Å². The maximum Gasteiger partial charge on any atom is 0.416 e. The van der Waals surface area contributed by atoms with Crippen LogP contribution in [-0.4, -0.2) is 49.6 Å². The molecule has 186 valence electrons. The molecular weight excluding hydrogens is 467 g/mol. The summed E-state index contributed by atoms with van der Waals surface area (Å²) < 4.78 is 49.9. The van der Waals surface area contributed by atoms with Crippen molar-refractivity contribution in [3.8, 4) is 5.75 Å². The molecule has 2 aromatic rings. The number of rotatable bonds is 7. The Balaban J connectivity index is 1.54. The number of imide groups is 1. The van der Waals surface area contributed by atoms with E-state index in [1.807, 2.05) is 12.1 Å². The van der Waals surface area contributed by atoms with Crippen molar-refractivity contribution in [2.75, 3.05) is 32.2 Å². The fraction of sp³-hybridized carbons (Fsp3) is 0.375. The SMILES string of the molecule is COCCOc1ccc(C(F)(F)F)cc1NC(=O)CN1C(=O)N[C@]2(CCCc3ccccc32)C1=O. The van der Waals surface area contributed by atoms with Crippen LogP contribution >= 0.6 is 0 Å². The Bertz CT molecular complexity index is 1150. The fourth-order valence-corrected chi connectivity index (χ4v) is 4.45. The first kappa shape index (κ1) is 24.5. The summed E-state index contributed by atoms with van der Waals surface area (Å²) >= 11 is 0. The van der Waals surface area contributed by atoms with Crippen molar-refractivity contribution in [2.45, 2.75) is 31.0 Å². The number of hydrogen-bond donors (Lipinski definition) is 2. The van der Waals surface area contributed by atoms with E-state index in [-0.39, 0.29) is 24.7 Å². The molecule has 2 N–H and O–H groups in total. The van der Waals surface area contributed by atoms with Crippen molar-refractivity contribution in [1.29, 1.82) is 0 Å². The lowest BCUT2D eigenvalue weighted by atomic mass is 9.76. The number of hydrogen-bond acceptors (Lipinski definition) is 5. The number of urea groups is 1. The van der Waals surface area contributed by atoms with E-state index in [0.717, 1.165) is 35.1 Å². The highest BCUT2D eigenvalue weighted by atomic mass is 19.4. The number of methoxy groups -OCH3 is 1. The number of fused-ring (bicyclic) bond motifs is 2. The third-order valence-electron chi connectivity index (χ3n) is 6.08. The van der Waals surface area contributed by atoms with Gasteiger partial charge in [0.05, 0.1) is 17.9 Å². The molecule has 4 rings (SSSR count). The van der Waals surface area contributed by atoms with Gasteiger partial charge in [-0.2, -0.15) is 13.2 Å². The Hall–Kier alpha value is -3.60. The summed E-state index contributed by atoms with van der Waals surface area (Å²) in [7, 11) is 1.44. The topological polar surface area (TPSA) is 97.0 Å². The van der Waals surface area contributed by atoms with Gasteiger partial charge in [-0.05, 0) is 48.6 Å². The predicted molar refractivity (Wildman–Crippen MR) is 119 cm³/mol. The molecule has 1 fully saturated rings. The van der Waals surface area contributed by atoms with Crippen molar-refractivity contribution in [1.82, 2.24) is 10.2 Å². The molecule has 0 bridgehead atoms. The van der Waals surface area contributed by atoms with Gasteiger partial charge in [0.1, 0.15) is 24.4 Å². The number of anilines is 1. The van der Waals surface area contributed by atoms with E-state index < -0.39 is 41.7 Å². The van der Waals surface area contributed by atoms with E-state index in [1.54, 1.807) is 12.1 Å². The van der Waals surface area contributed by atoms with Crippen molar-refractivity contribution >= 4 is 23.5 Å². The minimum absolute atomic E-state index is 0.00159. The number of carbonyl (C=O) groups excluding carboxylic acids is 3. The molecular formula is C24H24F3N3O5. The Morgan fingerprint density at radius 1 is 1.17 bits per heavy atom. The first-order chi connectivity index (χ1) is 16.7. The zero-order chi connectivity index (χ0) is 25.2. The summed E-state index contributed by atoms with van der Waals surface area (Å²) in [5.74, 6) is -1.41. The van der Waals surface area contributed by atoms with Gasteiger partial charge in [0.15, 0.2) is 0 Å². The number of amides is 4. The second-order valence-corrected chi connectivity index (χ2v) is 8.34. The van der Waals surface area contributed by atoms with E-state index >= 15 is 0 Å². The first-order valence-electron chi connectivity index (χ1n) is 11.0. The second kappa shape index (κ2) is 9.57. The van der Waals surface area contributed by atoms with E-state index in [9.17, 15) is 27.6 Å². The quantitative estimate of drug-likeness (QED) is 0.457. The minimum Gasteiger partial charge on any atom is -0.489 e. The van der Waals surface area contributed by atoms with Crippen LogP contribution < -0.4 is 15.4 Å². The molecule has 1 aliphatic carbocycles. The zero-order valence-electron chi connectivity index (χ0n) is 18.9. The number of halogens is 3. The highest BCUT2D eigenvalue weighted by molar-refractivity contribution is 6.10. The van der Waals surface area contributed by atoms with Crippen molar-refractivity contribution in [2.24, 2.45) is 0 Å². The average molecular weight is 491 g/mol. The monoisotopic (exact) mass is 491 g/mol. The van der Waals surface area contributed by atoms with Gasteiger partial charge in [0, 0.05) is 7.11 Å². The van der Waals surface area contributed by atoms with Crippen LogP contribution in [0.15, 0.2) is 42.5 Å². The predicted octanol–water partition coefficient (Wildman–Crippen LogP) is 3.45.